The summed E-state index contributed by atoms with van der Waals surface area (Å²) in [5.74, 6) is -0.968. The summed E-state index contributed by atoms with van der Waals surface area (Å²) in [5, 5.41) is 7.60. The molecule has 0 radical (unpaired) electrons. The van der Waals surface area contributed by atoms with Crippen LogP contribution in [-0.2, 0) is 4.79 Å². The average Bonchev–Trinajstić information content (AvgIpc) is 1.38. The zero-order valence-electron chi connectivity index (χ0n) is 3.14. The van der Waals surface area contributed by atoms with E-state index in [2.05, 4.69) is 5.73 Å². The van der Waals surface area contributed by atoms with Crippen LogP contribution in [0.25, 0.3) is 0 Å². The van der Waals surface area contributed by atoms with Crippen molar-refractivity contribution in [1.29, 1.82) is 0 Å². The Balaban J connectivity index is -0.0000000800. The van der Waals surface area contributed by atoms with Gasteiger partial charge < -0.3 is 16.3 Å². The molecule has 7 heavy (non-hydrogen) atoms. The highest BCUT2D eigenvalue weighted by Gasteiger charge is 1.81. The molecule has 0 aromatic rings. The average molecular weight is 125 g/mol. The molecule has 0 fully saturated rings. The minimum atomic E-state index is -0.968. The van der Waals surface area contributed by atoms with Crippen LogP contribution in [0.1, 0.15) is 0 Å². The lowest BCUT2D eigenvalue weighted by Gasteiger charge is -1.73. The van der Waals surface area contributed by atoms with Crippen LogP contribution in [-0.4, -0.2) is 34.1 Å². The van der Waals surface area contributed by atoms with E-state index in [0.29, 0.717) is 0 Å². The van der Waals surface area contributed by atoms with Gasteiger partial charge in [0.05, 0.1) is 6.54 Å². The third-order valence-electron chi connectivity index (χ3n) is 0.175. The molecular formula is C2H11NO3Si. The summed E-state index contributed by atoms with van der Waals surface area (Å²) in [7, 11) is 0. The third kappa shape index (κ3) is 28.2. The zero-order chi connectivity index (χ0) is 4.28. The minimum Gasteiger partial charge on any atom is -0.480 e. The maximum Gasteiger partial charge on any atom is 0.317 e. The van der Waals surface area contributed by atoms with E-state index in [1.165, 1.54) is 0 Å². The second-order valence-electron chi connectivity index (χ2n) is 0.598. The van der Waals surface area contributed by atoms with E-state index in [9.17, 15) is 4.79 Å². The second-order valence-corrected chi connectivity index (χ2v) is 0.598. The Morgan fingerprint density at radius 1 is 1.71 bits per heavy atom. The van der Waals surface area contributed by atoms with Gasteiger partial charge >= 0.3 is 5.97 Å². The molecule has 0 unspecified atom stereocenters. The molecule has 0 rings (SSSR count). The zero-order valence-corrected chi connectivity index (χ0v) is 3.14. The Morgan fingerprint density at radius 3 is 1.86 bits per heavy atom. The van der Waals surface area contributed by atoms with Gasteiger partial charge in [0, 0.05) is 0 Å². The van der Waals surface area contributed by atoms with Gasteiger partial charge in [0.25, 0.3) is 0 Å². The molecule has 0 bridgehead atoms. The van der Waals surface area contributed by atoms with Gasteiger partial charge in [-0.3, -0.25) is 4.79 Å². The Bertz CT molecular complexity index is 48.2. The first-order valence-electron chi connectivity index (χ1n) is 1.19. The van der Waals surface area contributed by atoms with Crippen LogP contribution in [0.3, 0.4) is 0 Å². The minimum absolute atomic E-state index is 0. The van der Waals surface area contributed by atoms with Gasteiger partial charge in [-0.05, 0) is 11.0 Å². The largest absolute Gasteiger partial charge is 0.480 e. The number of nitrogens with two attached hydrogens (primary N) is 1. The Labute approximate surface area is 45.7 Å². The smallest absolute Gasteiger partial charge is 0.317 e. The molecule has 0 amide bonds. The summed E-state index contributed by atoms with van der Waals surface area (Å²) in [4.78, 5) is 9.24. The summed E-state index contributed by atoms with van der Waals surface area (Å²) in [6.07, 6.45) is 0. The Morgan fingerprint density at radius 2 is 1.86 bits per heavy atom. The monoisotopic (exact) mass is 125 g/mol. The van der Waals surface area contributed by atoms with Crippen molar-refractivity contribution in [3.8, 4) is 0 Å². The maximum atomic E-state index is 9.24. The SMILES string of the molecule is NCC(=O)O.O.[SiH4]. The topological polar surface area (TPSA) is 94.8 Å². The molecule has 0 heterocycles. The summed E-state index contributed by atoms with van der Waals surface area (Å²) < 4.78 is 0. The van der Waals surface area contributed by atoms with Crippen LogP contribution in [0.15, 0.2) is 0 Å². The highest BCUT2D eigenvalue weighted by Crippen LogP contribution is 1.43. The first-order chi connectivity index (χ1) is 2.27. The van der Waals surface area contributed by atoms with Gasteiger partial charge in [-0.15, -0.1) is 0 Å². The van der Waals surface area contributed by atoms with E-state index in [4.69, 9.17) is 5.11 Å². The van der Waals surface area contributed by atoms with Crippen molar-refractivity contribution >= 4 is 16.9 Å². The fraction of sp³-hybridized carbons (Fsp3) is 0.500. The van der Waals surface area contributed by atoms with E-state index < -0.39 is 5.97 Å². The van der Waals surface area contributed by atoms with Crippen molar-refractivity contribution in [1.82, 2.24) is 0 Å². The van der Waals surface area contributed by atoms with Crippen molar-refractivity contribution in [2.45, 2.75) is 0 Å². The van der Waals surface area contributed by atoms with E-state index in [1.807, 2.05) is 0 Å². The predicted octanol–water partition coefficient (Wildman–Crippen LogP) is -3.25. The predicted molar refractivity (Wildman–Crippen MR) is 31.6 cm³/mol. The van der Waals surface area contributed by atoms with Gasteiger partial charge in [-0.1, -0.05) is 0 Å². The molecule has 46 valence electrons. The first kappa shape index (κ1) is 16.0. The van der Waals surface area contributed by atoms with Crippen molar-refractivity contribution in [2.75, 3.05) is 6.54 Å². The van der Waals surface area contributed by atoms with Gasteiger partial charge in [-0.25, -0.2) is 0 Å². The lowest BCUT2D eigenvalue weighted by molar-refractivity contribution is -0.135. The van der Waals surface area contributed by atoms with Gasteiger partial charge in [0.1, 0.15) is 0 Å². The van der Waals surface area contributed by atoms with E-state index in [0.717, 1.165) is 0 Å². The van der Waals surface area contributed by atoms with Crippen LogP contribution in [0, 0.1) is 0 Å². The van der Waals surface area contributed by atoms with Crippen LogP contribution >= 0.6 is 0 Å². The highest BCUT2D eigenvalue weighted by molar-refractivity contribution is 5.75. The number of rotatable bonds is 1. The standard InChI is InChI=1S/C2H5NO2.H2O.H4Si/c3-1-2(4)5;;/h1,3H2,(H,4,5);1H2;1H4. The van der Waals surface area contributed by atoms with Crippen LogP contribution < -0.4 is 5.73 Å². The Hall–Kier alpha value is -0.393. The number of carboxylic acid groups (broad SMARTS) is 1. The summed E-state index contributed by atoms with van der Waals surface area (Å²) in [6, 6.07) is 0. The molecule has 5 heteroatoms. The number of hydrogen-bond acceptors (Lipinski definition) is 2. The number of hydrogen-bond donors (Lipinski definition) is 2. The molecule has 0 aliphatic rings. The summed E-state index contributed by atoms with van der Waals surface area (Å²) >= 11 is 0. The second kappa shape index (κ2) is 9.15. The molecule has 5 N–H and O–H groups in total. The van der Waals surface area contributed by atoms with Crippen molar-refractivity contribution in [3.63, 3.8) is 0 Å². The van der Waals surface area contributed by atoms with Crippen LogP contribution in [0.2, 0.25) is 0 Å². The summed E-state index contributed by atoms with van der Waals surface area (Å²) in [6.45, 7) is -0.278. The van der Waals surface area contributed by atoms with Crippen molar-refractivity contribution in [3.05, 3.63) is 0 Å². The van der Waals surface area contributed by atoms with E-state index in [-0.39, 0.29) is 23.0 Å². The fourth-order valence-electron chi connectivity index (χ4n) is 0. The molecule has 0 spiro atoms. The first-order valence-corrected chi connectivity index (χ1v) is 1.19. The van der Waals surface area contributed by atoms with Crippen LogP contribution in [0.4, 0.5) is 0 Å². The molecule has 4 nitrogen and oxygen atoms in total. The van der Waals surface area contributed by atoms with E-state index in [1.54, 1.807) is 0 Å². The molecule has 0 aromatic heterocycles. The quantitative estimate of drug-likeness (QED) is 0.360. The van der Waals surface area contributed by atoms with Crippen molar-refractivity contribution in [2.24, 2.45) is 5.73 Å². The fourth-order valence-corrected chi connectivity index (χ4v) is 0. The number of aliphatic carboxylic acids is 1. The molecule has 0 aromatic carbocycles. The number of carboxylic acids is 1. The van der Waals surface area contributed by atoms with Gasteiger partial charge in [0.15, 0.2) is 0 Å². The molecule has 0 saturated carbocycles. The summed E-state index contributed by atoms with van der Waals surface area (Å²) in [5.41, 5.74) is 4.57. The molecule has 0 aliphatic carbocycles. The Kier molecular flexibility index (Phi) is 20.9. The maximum absolute atomic E-state index is 9.24. The molecule has 0 aliphatic heterocycles. The van der Waals surface area contributed by atoms with Gasteiger partial charge in [0.2, 0.25) is 0 Å². The van der Waals surface area contributed by atoms with E-state index >= 15 is 0 Å². The molecular weight excluding hydrogens is 114 g/mol. The normalized spacial score (nSPS) is 5.29. The van der Waals surface area contributed by atoms with Crippen LogP contribution in [0.5, 0.6) is 0 Å². The molecule has 0 saturated heterocycles. The lowest BCUT2D eigenvalue weighted by atomic mass is 10.7. The highest BCUT2D eigenvalue weighted by atomic mass is 28.1. The van der Waals surface area contributed by atoms with Gasteiger partial charge in [-0.2, -0.15) is 0 Å². The molecule has 0 atom stereocenters. The number of carbonyl (C=O) groups is 1. The van der Waals surface area contributed by atoms with Crippen molar-refractivity contribution < 1.29 is 15.4 Å². The third-order valence-corrected chi connectivity index (χ3v) is 0.175. The lowest BCUT2D eigenvalue weighted by Crippen LogP contribution is -2.10.